The molecule has 0 aliphatic carbocycles. The summed E-state index contributed by atoms with van der Waals surface area (Å²) < 4.78 is -1.62. The van der Waals surface area contributed by atoms with Crippen LogP contribution in [-0.2, 0) is 11.3 Å². The minimum absolute atomic E-state index is 0.190. The molecular weight excluding hydrogens is 296 g/mol. The summed E-state index contributed by atoms with van der Waals surface area (Å²) >= 11 is 17.4. The fraction of sp³-hybridized carbons (Fsp3) is 0.455. The van der Waals surface area contributed by atoms with Gasteiger partial charge in [-0.05, 0) is 11.6 Å². The molecule has 4 nitrogen and oxygen atoms in total. The Morgan fingerprint density at radius 2 is 2.22 bits per heavy atom. The molecule has 2 N–H and O–H groups in total. The van der Waals surface area contributed by atoms with E-state index in [1.165, 1.54) is 0 Å². The van der Waals surface area contributed by atoms with Gasteiger partial charge in [0.25, 0.3) is 0 Å². The molecule has 7 heteroatoms. The van der Waals surface area contributed by atoms with Crippen LogP contribution in [0.2, 0.25) is 0 Å². The average molecular weight is 311 g/mol. The van der Waals surface area contributed by atoms with Gasteiger partial charge in [-0.25, -0.2) is 0 Å². The quantitative estimate of drug-likeness (QED) is 0.648. The number of halogens is 3. The summed E-state index contributed by atoms with van der Waals surface area (Å²) in [5.41, 5.74) is 0.933. The molecule has 18 heavy (non-hydrogen) atoms. The van der Waals surface area contributed by atoms with E-state index in [9.17, 15) is 4.79 Å². The van der Waals surface area contributed by atoms with E-state index in [0.29, 0.717) is 13.0 Å². The largest absolute Gasteiger partial charge is 0.337 e. The second-order valence-electron chi connectivity index (χ2n) is 3.64. The normalized spacial score (nSPS) is 13.1. The van der Waals surface area contributed by atoms with Crippen LogP contribution in [0, 0.1) is 0 Å². The molecule has 0 saturated carbocycles. The van der Waals surface area contributed by atoms with E-state index in [-0.39, 0.29) is 5.91 Å². The Kier molecular flexibility index (Phi) is 6.15. The minimum atomic E-state index is -1.62. The maximum Gasteiger partial charge on any atom is 0.223 e. The Bertz CT molecular complexity index is 381. The molecule has 1 amide bonds. The van der Waals surface area contributed by atoms with Gasteiger partial charge < -0.3 is 5.32 Å². The number of carbonyl (C=O) groups excluding carboxylic acids is 1. The SMILES string of the molecule is CCC(=O)N[C@H](NCc1cccnc1)C(Cl)(Cl)Cl. The number of nitrogens with zero attached hydrogens (tertiary/aromatic N) is 1. The van der Waals surface area contributed by atoms with Gasteiger partial charge in [0.15, 0.2) is 0 Å². The maximum absolute atomic E-state index is 11.3. The van der Waals surface area contributed by atoms with E-state index in [4.69, 9.17) is 34.8 Å². The van der Waals surface area contributed by atoms with E-state index in [2.05, 4.69) is 15.6 Å². The molecule has 1 rings (SSSR count). The monoisotopic (exact) mass is 309 g/mol. The van der Waals surface area contributed by atoms with Crippen LogP contribution in [0.5, 0.6) is 0 Å². The van der Waals surface area contributed by atoms with Gasteiger partial charge in [-0.3, -0.25) is 15.1 Å². The van der Waals surface area contributed by atoms with E-state index in [1.54, 1.807) is 19.3 Å². The minimum Gasteiger partial charge on any atom is -0.337 e. The Hall–Kier alpha value is -0.550. The van der Waals surface area contributed by atoms with Gasteiger partial charge in [-0.15, -0.1) is 0 Å². The van der Waals surface area contributed by atoms with Crippen LogP contribution in [0.1, 0.15) is 18.9 Å². The zero-order valence-corrected chi connectivity index (χ0v) is 12.1. The molecule has 0 fully saturated rings. The third-order valence-corrected chi connectivity index (χ3v) is 2.84. The number of carbonyl (C=O) groups is 1. The lowest BCUT2D eigenvalue weighted by Crippen LogP contribution is -2.52. The van der Waals surface area contributed by atoms with Crippen LogP contribution in [0.4, 0.5) is 0 Å². The molecule has 0 saturated heterocycles. The molecule has 0 radical (unpaired) electrons. The lowest BCUT2D eigenvalue weighted by atomic mass is 10.3. The molecule has 0 bridgehead atoms. The van der Waals surface area contributed by atoms with Crippen molar-refractivity contribution in [3.8, 4) is 0 Å². The van der Waals surface area contributed by atoms with Gasteiger partial charge >= 0.3 is 0 Å². The number of pyridine rings is 1. The van der Waals surface area contributed by atoms with Crippen LogP contribution < -0.4 is 10.6 Å². The highest BCUT2D eigenvalue weighted by molar-refractivity contribution is 6.68. The predicted octanol–water partition coefficient (Wildman–Crippen LogP) is 2.39. The molecule has 0 aliphatic heterocycles. The second kappa shape index (κ2) is 7.14. The number of hydrogen-bond donors (Lipinski definition) is 2. The molecule has 100 valence electrons. The van der Waals surface area contributed by atoms with Gasteiger partial charge in [0.1, 0.15) is 6.17 Å². The van der Waals surface area contributed by atoms with Crippen molar-refractivity contribution in [1.29, 1.82) is 0 Å². The summed E-state index contributed by atoms with van der Waals surface area (Å²) in [5.74, 6) is -0.190. The van der Waals surface area contributed by atoms with Crippen LogP contribution in [0.3, 0.4) is 0 Å². The van der Waals surface area contributed by atoms with E-state index >= 15 is 0 Å². The first-order chi connectivity index (χ1) is 8.43. The van der Waals surface area contributed by atoms with Crippen molar-refractivity contribution < 1.29 is 4.79 Å². The smallest absolute Gasteiger partial charge is 0.223 e. The molecular formula is C11H14Cl3N3O. The summed E-state index contributed by atoms with van der Waals surface area (Å²) in [6.07, 6.45) is 2.94. The van der Waals surface area contributed by atoms with Crippen molar-refractivity contribution in [3.05, 3.63) is 30.1 Å². The van der Waals surface area contributed by atoms with E-state index < -0.39 is 9.96 Å². The van der Waals surface area contributed by atoms with Crippen LogP contribution in [-0.4, -0.2) is 20.8 Å². The van der Waals surface area contributed by atoms with Crippen molar-refractivity contribution >= 4 is 40.7 Å². The van der Waals surface area contributed by atoms with Gasteiger partial charge in [-0.1, -0.05) is 47.8 Å². The Morgan fingerprint density at radius 3 is 2.72 bits per heavy atom. The molecule has 1 atom stereocenters. The Morgan fingerprint density at radius 1 is 1.50 bits per heavy atom. The number of amides is 1. The highest BCUT2D eigenvalue weighted by Gasteiger charge is 2.33. The fourth-order valence-corrected chi connectivity index (χ4v) is 1.63. The molecule has 0 unspecified atom stereocenters. The van der Waals surface area contributed by atoms with Crippen LogP contribution >= 0.6 is 34.8 Å². The first-order valence-electron chi connectivity index (χ1n) is 5.42. The second-order valence-corrected chi connectivity index (χ2v) is 6.01. The predicted molar refractivity (Wildman–Crippen MR) is 73.6 cm³/mol. The summed E-state index contributed by atoms with van der Waals surface area (Å²) in [5, 5.41) is 5.58. The van der Waals surface area contributed by atoms with Crippen molar-refractivity contribution in [2.45, 2.75) is 29.8 Å². The lowest BCUT2D eigenvalue weighted by molar-refractivity contribution is -0.121. The number of rotatable bonds is 5. The molecule has 1 heterocycles. The summed E-state index contributed by atoms with van der Waals surface area (Å²) in [6, 6.07) is 3.70. The fourth-order valence-electron chi connectivity index (χ4n) is 1.23. The van der Waals surface area contributed by atoms with Crippen LogP contribution in [0.15, 0.2) is 24.5 Å². The van der Waals surface area contributed by atoms with Crippen LogP contribution in [0.25, 0.3) is 0 Å². The molecule has 1 aromatic heterocycles. The zero-order valence-electron chi connectivity index (χ0n) is 9.79. The number of nitrogens with one attached hydrogen (secondary N) is 2. The summed E-state index contributed by atoms with van der Waals surface area (Å²) in [4.78, 5) is 15.3. The molecule has 0 aliphatic rings. The standard InChI is InChI=1S/C11H14Cl3N3O/c1-2-9(18)17-10(11(12,13)14)16-7-8-4-3-5-15-6-8/h3-6,10,16H,2,7H2,1H3,(H,17,18)/t10-/m0/s1. The first-order valence-corrected chi connectivity index (χ1v) is 6.55. The van der Waals surface area contributed by atoms with Crippen molar-refractivity contribution in [1.82, 2.24) is 15.6 Å². The highest BCUT2D eigenvalue weighted by Crippen LogP contribution is 2.29. The van der Waals surface area contributed by atoms with Crippen molar-refractivity contribution in [2.24, 2.45) is 0 Å². The number of alkyl halides is 3. The third kappa shape index (κ3) is 5.40. The Labute approximate surface area is 121 Å². The maximum atomic E-state index is 11.3. The summed E-state index contributed by atoms with van der Waals surface area (Å²) in [7, 11) is 0. The Balaban J connectivity index is 2.59. The third-order valence-electron chi connectivity index (χ3n) is 2.19. The van der Waals surface area contributed by atoms with Gasteiger partial charge in [0.2, 0.25) is 9.70 Å². The van der Waals surface area contributed by atoms with E-state index in [1.807, 2.05) is 12.1 Å². The van der Waals surface area contributed by atoms with E-state index in [0.717, 1.165) is 5.56 Å². The van der Waals surface area contributed by atoms with Crippen molar-refractivity contribution in [2.75, 3.05) is 0 Å². The van der Waals surface area contributed by atoms with Gasteiger partial charge in [0.05, 0.1) is 0 Å². The first kappa shape index (κ1) is 15.5. The number of hydrogen-bond acceptors (Lipinski definition) is 3. The average Bonchev–Trinajstić information content (AvgIpc) is 2.34. The highest BCUT2D eigenvalue weighted by atomic mass is 35.6. The molecule has 0 aromatic carbocycles. The lowest BCUT2D eigenvalue weighted by Gasteiger charge is -2.26. The van der Waals surface area contributed by atoms with Gasteiger partial charge in [-0.2, -0.15) is 0 Å². The molecule has 1 aromatic rings. The summed E-state index contributed by atoms with van der Waals surface area (Å²) in [6.45, 7) is 2.17. The number of aromatic nitrogens is 1. The zero-order chi connectivity index (χ0) is 13.6. The molecule has 0 spiro atoms. The van der Waals surface area contributed by atoms with Crippen molar-refractivity contribution in [3.63, 3.8) is 0 Å². The van der Waals surface area contributed by atoms with Gasteiger partial charge in [0, 0.05) is 25.4 Å². The topological polar surface area (TPSA) is 54.0 Å².